The van der Waals surface area contributed by atoms with Crippen molar-refractivity contribution in [2.75, 3.05) is 20.8 Å². The SMILES string of the molecule is COc1cccc(CCNS(=O)(=O)c2cc(Cl)ccc2OC)c1. The van der Waals surface area contributed by atoms with Crippen molar-refractivity contribution in [2.45, 2.75) is 11.3 Å². The van der Waals surface area contributed by atoms with E-state index in [1.165, 1.54) is 19.2 Å². The van der Waals surface area contributed by atoms with Crippen molar-refractivity contribution >= 4 is 21.6 Å². The molecule has 7 heteroatoms. The minimum absolute atomic E-state index is 0.0261. The molecule has 2 aromatic rings. The second kappa shape index (κ2) is 7.68. The Kier molecular flexibility index (Phi) is 5.87. The molecule has 124 valence electrons. The van der Waals surface area contributed by atoms with Crippen LogP contribution in [0, 0.1) is 0 Å². The van der Waals surface area contributed by atoms with Crippen molar-refractivity contribution in [2.24, 2.45) is 0 Å². The Morgan fingerprint density at radius 3 is 2.57 bits per heavy atom. The van der Waals surface area contributed by atoms with Gasteiger partial charge in [0.15, 0.2) is 0 Å². The quantitative estimate of drug-likeness (QED) is 0.829. The number of nitrogens with one attached hydrogen (secondary N) is 1. The molecule has 0 saturated carbocycles. The largest absolute Gasteiger partial charge is 0.497 e. The fourth-order valence-electron chi connectivity index (χ4n) is 2.10. The Balaban J connectivity index is 2.08. The maximum absolute atomic E-state index is 12.4. The highest BCUT2D eigenvalue weighted by Crippen LogP contribution is 2.26. The van der Waals surface area contributed by atoms with Gasteiger partial charge in [-0.15, -0.1) is 0 Å². The Morgan fingerprint density at radius 2 is 1.87 bits per heavy atom. The highest BCUT2D eigenvalue weighted by Gasteiger charge is 2.19. The van der Waals surface area contributed by atoms with Crippen molar-refractivity contribution in [3.05, 3.63) is 53.1 Å². The third-order valence-electron chi connectivity index (χ3n) is 3.26. The lowest BCUT2D eigenvalue weighted by Crippen LogP contribution is -2.26. The Labute approximate surface area is 141 Å². The number of benzene rings is 2. The molecular formula is C16H18ClNO4S. The van der Waals surface area contributed by atoms with Crippen LogP contribution in [0.2, 0.25) is 5.02 Å². The number of hydrogen-bond donors (Lipinski definition) is 1. The van der Waals surface area contributed by atoms with E-state index in [1.54, 1.807) is 13.2 Å². The second-order valence-corrected chi connectivity index (χ2v) is 6.97. The Morgan fingerprint density at radius 1 is 1.09 bits per heavy atom. The molecule has 23 heavy (non-hydrogen) atoms. The summed E-state index contributed by atoms with van der Waals surface area (Å²) in [6, 6.07) is 12.0. The molecule has 0 amide bonds. The summed E-state index contributed by atoms with van der Waals surface area (Å²) in [4.78, 5) is 0.0261. The van der Waals surface area contributed by atoms with E-state index in [-0.39, 0.29) is 17.2 Å². The second-order valence-electron chi connectivity index (χ2n) is 4.79. The van der Waals surface area contributed by atoms with Crippen molar-refractivity contribution in [1.82, 2.24) is 4.72 Å². The number of halogens is 1. The van der Waals surface area contributed by atoms with Crippen molar-refractivity contribution in [3.63, 3.8) is 0 Å². The lowest BCUT2D eigenvalue weighted by Gasteiger charge is -2.11. The van der Waals surface area contributed by atoms with Crippen LogP contribution < -0.4 is 14.2 Å². The summed E-state index contributed by atoms with van der Waals surface area (Å²) in [5.41, 5.74) is 0.977. The van der Waals surface area contributed by atoms with Gasteiger partial charge in [0.25, 0.3) is 0 Å². The average molecular weight is 356 g/mol. The minimum atomic E-state index is -3.70. The van der Waals surface area contributed by atoms with Gasteiger partial charge in [-0.25, -0.2) is 13.1 Å². The molecule has 0 aliphatic rings. The Bertz CT molecular complexity index is 777. The summed E-state index contributed by atoms with van der Waals surface area (Å²) < 4.78 is 37.6. The van der Waals surface area contributed by atoms with Crippen LogP contribution in [0.4, 0.5) is 0 Å². The fourth-order valence-corrected chi connectivity index (χ4v) is 3.56. The van der Waals surface area contributed by atoms with Gasteiger partial charge in [-0.05, 0) is 42.3 Å². The van der Waals surface area contributed by atoms with E-state index in [9.17, 15) is 8.42 Å². The van der Waals surface area contributed by atoms with Crippen molar-refractivity contribution in [1.29, 1.82) is 0 Å². The lowest BCUT2D eigenvalue weighted by molar-refractivity contribution is 0.402. The molecule has 0 aliphatic heterocycles. The number of methoxy groups -OCH3 is 2. The monoisotopic (exact) mass is 355 g/mol. The van der Waals surface area contributed by atoms with Gasteiger partial charge in [0.05, 0.1) is 14.2 Å². The molecule has 2 aromatic carbocycles. The zero-order valence-electron chi connectivity index (χ0n) is 12.9. The first kappa shape index (κ1) is 17.6. The molecule has 0 atom stereocenters. The third kappa shape index (κ3) is 4.60. The maximum Gasteiger partial charge on any atom is 0.244 e. The van der Waals surface area contributed by atoms with Gasteiger partial charge >= 0.3 is 0 Å². The first-order chi connectivity index (χ1) is 11.0. The van der Waals surface area contributed by atoms with E-state index in [0.717, 1.165) is 11.3 Å². The summed E-state index contributed by atoms with van der Waals surface area (Å²) in [5.74, 6) is 0.991. The van der Waals surface area contributed by atoms with E-state index >= 15 is 0 Å². The molecule has 0 aliphatic carbocycles. The zero-order valence-corrected chi connectivity index (χ0v) is 14.4. The number of rotatable bonds is 7. The minimum Gasteiger partial charge on any atom is -0.497 e. The van der Waals surface area contributed by atoms with E-state index in [0.29, 0.717) is 11.4 Å². The van der Waals surface area contributed by atoms with E-state index in [2.05, 4.69) is 4.72 Å². The van der Waals surface area contributed by atoms with Crippen LogP contribution >= 0.6 is 11.6 Å². The summed E-state index contributed by atoms with van der Waals surface area (Å²) in [7, 11) is -0.696. The van der Waals surface area contributed by atoms with Crippen LogP contribution in [0.1, 0.15) is 5.56 Å². The van der Waals surface area contributed by atoms with Gasteiger partial charge in [0.2, 0.25) is 10.0 Å². The molecule has 0 radical (unpaired) electrons. The fraction of sp³-hybridized carbons (Fsp3) is 0.250. The van der Waals surface area contributed by atoms with E-state index in [4.69, 9.17) is 21.1 Å². The molecule has 0 aromatic heterocycles. The van der Waals surface area contributed by atoms with Gasteiger partial charge in [0, 0.05) is 11.6 Å². The molecule has 1 N–H and O–H groups in total. The summed E-state index contributed by atoms with van der Waals surface area (Å²) >= 11 is 5.88. The van der Waals surface area contributed by atoms with E-state index in [1.807, 2.05) is 24.3 Å². The van der Waals surface area contributed by atoms with Crippen LogP contribution in [0.15, 0.2) is 47.4 Å². The van der Waals surface area contributed by atoms with Crippen molar-refractivity contribution in [3.8, 4) is 11.5 Å². The summed E-state index contributed by atoms with van der Waals surface area (Å²) in [5, 5.41) is 0.332. The van der Waals surface area contributed by atoms with Gasteiger partial charge < -0.3 is 9.47 Å². The Hall–Kier alpha value is -1.76. The smallest absolute Gasteiger partial charge is 0.244 e. The molecule has 0 fully saturated rings. The van der Waals surface area contributed by atoms with Gasteiger partial charge in [0.1, 0.15) is 16.4 Å². The number of ether oxygens (including phenoxy) is 2. The van der Waals surface area contributed by atoms with E-state index < -0.39 is 10.0 Å². The summed E-state index contributed by atoms with van der Waals surface area (Å²) in [6.07, 6.45) is 0.541. The molecule has 0 heterocycles. The van der Waals surface area contributed by atoms with Gasteiger partial charge in [-0.1, -0.05) is 23.7 Å². The van der Waals surface area contributed by atoms with Crippen LogP contribution in [0.3, 0.4) is 0 Å². The molecule has 5 nitrogen and oxygen atoms in total. The van der Waals surface area contributed by atoms with Crippen LogP contribution in [0.5, 0.6) is 11.5 Å². The summed E-state index contributed by atoms with van der Waals surface area (Å²) in [6.45, 7) is 0.255. The molecular weight excluding hydrogens is 338 g/mol. The standard InChI is InChI=1S/C16H18ClNO4S/c1-21-14-5-3-4-12(10-14)8-9-18-23(19,20)16-11-13(17)6-7-15(16)22-2/h3-7,10-11,18H,8-9H2,1-2H3. The van der Waals surface area contributed by atoms with Gasteiger partial charge in [-0.3, -0.25) is 0 Å². The zero-order chi connectivity index (χ0) is 16.9. The van der Waals surface area contributed by atoms with Gasteiger partial charge in [-0.2, -0.15) is 0 Å². The third-order valence-corrected chi connectivity index (χ3v) is 4.97. The topological polar surface area (TPSA) is 64.6 Å². The molecule has 2 rings (SSSR count). The number of sulfonamides is 1. The van der Waals surface area contributed by atoms with Crippen LogP contribution in [-0.2, 0) is 16.4 Å². The number of hydrogen-bond acceptors (Lipinski definition) is 4. The molecule has 0 spiro atoms. The molecule has 0 saturated heterocycles. The highest BCUT2D eigenvalue weighted by atomic mass is 35.5. The van der Waals surface area contributed by atoms with Crippen LogP contribution in [-0.4, -0.2) is 29.2 Å². The molecule has 0 unspecified atom stereocenters. The first-order valence-electron chi connectivity index (χ1n) is 6.92. The maximum atomic E-state index is 12.4. The molecule has 0 bridgehead atoms. The normalized spacial score (nSPS) is 11.3. The lowest BCUT2D eigenvalue weighted by atomic mass is 10.1. The highest BCUT2D eigenvalue weighted by molar-refractivity contribution is 7.89. The average Bonchev–Trinajstić information content (AvgIpc) is 2.55. The first-order valence-corrected chi connectivity index (χ1v) is 8.78. The van der Waals surface area contributed by atoms with Crippen molar-refractivity contribution < 1.29 is 17.9 Å². The predicted molar refractivity (Wildman–Crippen MR) is 89.9 cm³/mol. The predicted octanol–water partition coefficient (Wildman–Crippen LogP) is 2.88. The van der Waals surface area contributed by atoms with Crippen LogP contribution in [0.25, 0.3) is 0 Å².